The SMILES string of the molecule is O=C(NC[C@H]1CCN(Cc2ccncc2Cl)C1)c1ccc[nH]c1=O. The van der Waals surface area contributed by atoms with Gasteiger partial charge < -0.3 is 10.3 Å². The van der Waals surface area contributed by atoms with Crippen molar-refractivity contribution in [1.29, 1.82) is 0 Å². The van der Waals surface area contributed by atoms with Crippen molar-refractivity contribution >= 4 is 17.5 Å². The average Bonchev–Trinajstić information content (AvgIpc) is 3.03. The normalized spacial score (nSPS) is 17.8. The second kappa shape index (κ2) is 7.59. The lowest BCUT2D eigenvalue weighted by Gasteiger charge is -2.17. The first kappa shape index (κ1) is 16.7. The van der Waals surface area contributed by atoms with E-state index in [1.165, 1.54) is 12.3 Å². The zero-order valence-electron chi connectivity index (χ0n) is 13.2. The molecule has 24 heavy (non-hydrogen) atoms. The van der Waals surface area contributed by atoms with Gasteiger partial charge in [0.05, 0.1) is 5.02 Å². The van der Waals surface area contributed by atoms with Crippen molar-refractivity contribution in [2.75, 3.05) is 19.6 Å². The van der Waals surface area contributed by atoms with E-state index in [1.807, 2.05) is 6.07 Å². The summed E-state index contributed by atoms with van der Waals surface area (Å²) in [7, 11) is 0. The van der Waals surface area contributed by atoms with E-state index < -0.39 is 0 Å². The summed E-state index contributed by atoms with van der Waals surface area (Å²) in [6.07, 6.45) is 5.92. The molecule has 7 heteroatoms. The predicted molar refractivity (Wildman–Crippen MR) is 92.0 cm³/mol. The van der Waals surface area contributed by atoms with Crippen LogP contribution >= 0.6 is 11.6 Å². The van der Waals surface area contributed by atoms with E-state index >= 15 is 0 Å². The maximum absolute atomic E-state index is 12.1. The van der Waals surface area contributed by atoms with Gasteiger partial charge in [0.25, 0.3) is 11.5 Å². The van der Waals surface area contributed by atoms with Crippen molar-refractivity contribution in [3.8, 4) is 0 Å². The summed E-state index contributed by atoms with van der Waals surface area (Å²) < 4.78 is 0. The molecule has 1 atom stereocenters. The van der Waals surface area contributed by atoms with Gasteiger partial charge in [-0.25, -0.2) is 0 Å². The van der Waals surface area contributed by atoms with Gasteiger partial charge in [0.2, 0.25) is 0 Å². The number of aromatic amines is 1. The summed E-state index contributed by atoms with van der Waals surface area (Å²) in [4.78, 5) is 32.5. The van der Waals surface area contributed by atoms with Gasteiger partial charge in [0.1, 0.15) is 5.56 Å². The molecule has 1 aliphatic heterocycles. The van der Waals surface area contributed by atoms with Crippen LogP contribution in [0.3, 0.4) is 0 Å². The number of hydrogen-bond acceptors (Lipinski definition) is 4. The van der Waals surface area contributed by atoms with Crippen LogP contribution in [0.15, 0.2) is 41.6 Å². The molecular weight excluding hydrogens is 328 g/mol. The van der Waals surface area contributed by atoms with Gasteiger partial charge in [-0.3, -0.25) is 19.5 Å². The molecule has 0 aliphatic carbocycles. The van der Waals surface area contributed by atoms with Crippen LogP contribution in [0.2, 0.25) is 5.02 Å². The fourth-order valence-electron chi connectivity index (χ4n) is 2.93. The monoisotopic (exact) mass is 346 g/mol. The van der Waals surface area contributed by atoms with E-state index in [-0.39, 0.29) is 17.0 Å². The van der Waals surface area contributed by atoms with E-state index in [0.29, 0.717) is 17.5 Å². The number of amides is 1. The zero-order valence-corrected chi connectivity index (χ0v) is 13.9. The molecule has 1 amide bonds. The first-order valence-electron chi connectivity index (χ1n) is 7.90. The molecule has 1 aliphatic rings. The standard InChI is InChI=1S/C17H19ClN4O2/c18-15-9-19-6-3-13(15)11-22-7-4-12(10-22)8-21-17(24)14-2-1-5-20-16(14)23/h1-3,5-6,9,12H,4,7-8,10-11H2,(H,20,23)(H,21,24)/t12-/m1/s1. The lowest BCUT2D eigenvalue weighted by Crippen LogP contribution is -2.34. The number of carbonyl (C=O) groups is 1. The molecule has 1 fully saturated rings. The highest BCUT2D eigenvalue weighted by atomic mass is 35.5. The summed E-state index contributed by atoms with van der Waals surface area (Å²) in [5.41, 5.74) is 0.846. The quantitative estimate of drug-likeness (QED) is 0.863. The molecule has 0 spiro atoms. The highest BCUT2D eigenvalue weighted by molar-refractivity contribution is 6.31. The Labute approximate surface area is 144 Å². The topological polar surface area (TPSA) is 78.1 Å². The van der Waals surface area contributed by atoms with E-state index in [0.717, 1.165) is 31.6 Å². The van der Waals surface area contributed by atoms with Crippen molar-refractivity contribution < 1.29 is 4.79 Å². The molecule has 0 aromatic carbocycles. The molecule has 0 radical (unpaired) electrons. The number of nitrogens with one attached hydrogen (secondary N) is 2. The van der Waals surface area contributed by atoms with E-state index in [4.69, 9.17) is 11.6 Å². The lowest BCUT2D eigenvalue weighted by molar-refractivity contribution is 0.0945. The van der Waals surface area contributed by atoms with Gasteiger partial charge in [-0.2, -0.15) is 0 Å². The molecule has 2 aromatic heterocycles. The highest BCUT2D eigenvalue weighted by Crippen LogP contribution is 2.21. The molecule has 6 nitrogen and oxygen atoms in total. The first-order valence-corrected chi connectivity index (χ1v) is 8.28. The summed E-state index contributed by atoms with van der Waals surface area (Å²) in [5.74, 6) is 0.0461. The van der Waals surface area contributed by atoms with Crippen molar-refractivity contribution in [3.63, 3.8) is 0 Å². The highest BCUT2D eigenvalue weighted by Gasteiger charge is 2.23. The van der Waals surface area contributed by atoms with Crippen LogP contribution in [-0.4, -0.2) is 40.4 Å². The molecule has 0 saturated carbocycles. The first-order chi connectivity index (χ1) is 11.6. The maximum Gasteiger partial charge on any atom is 0.260 e. The van der Waals surface area contributed by atoms with Gasteiger partial charge in [0.15, 0.2) is 0 Å². The van der Waals surface area contributed by atoms with E-state index in [9.17, 15) is 9.59 Å². The molecule has 3 heterocycles. The van der Waals surface area contributed by atoms with Gasteiger partial charge in [-0.1, -0.05) is 11.6 Å². The van der Waals surface area contributed by atoms with Crippen LogP contribution < -0.4 is 10.9 Å². The third-order valence-electron chi connectivity index (χ3n) is 4.23. The Bertz CT molecular complexity index is 777. The molecule has 2 aromatic rings. The number of H-pyrrole nitrogens is 1. The molecule has 3 rings (SSSR count). The number of likely N-dealkylation sites (tertiary alicyclic amines) is 1. The predicted octanol–water partition coefficient (Wildman–Crippen LogP) is 1.68. The average molecular weight is 347 g/mol. The molecule has 2 N–H and O–H groups in total. The molecular formula is C17H19ClN4O2. The van der Waals surface area contributed by atoms with Gasteiger partial charge in [-0.15, -0.1) is 0 Å². The molecule has 0 bridgehead atoms. The minimum absolute atomic E-state index is 0.149. The second-order valence-electron chi connectivity index (χ2n) is 5.98. The summed E-state index contributed by atoms with van der Waals surface area (Å²) in [5, 5.41) is 3.53. The number of aromatic nitrogens is 2. The molecule has 0 unspecified atom stereocenters. The number of halogens is 1. The Kier molecular flexibility index (Phi) is 5.27. The summed E-state index contributed by atoms with van der Waals surface area (Å²) >= 11 is 6.15. The Morgan fingerprint density at radius 2 is 2.33 bits per heavy atom. The fourth-order valence-corrected chi connectivity index (χ4v) is 3.11. The number of rotatable bonds is 5. The van der Waals surface area contributed by atoms with Crippen LogP contribution in [0.25, 0.3) is 0 Å². The Balaban J connectivity index is 1.50. The van der Waals surface area contributed by atoms with E-state index in [2.05, 4.69) is 20.2 Å². The maximum atomic E-state index is 12.1. The Morgan fingerprint density at radius 3 is 3.12 bits per heavy atom. The third-order valence-corrected chi connectivity index (χ3v) is 4.57. The Morgan fingerprint density at radius 1 is 1.46 bits per heavy atom. The largest absolute Gasteiger partial charge is 0.352 e. The van der Waals surface area contributed by atoms with Crippen molar-refractivity contribution in [2.45, 2.75) is 13.0 Å². The zero-order chi connectivity index (χ0) is 16.9. The van der Waals surface area contributed by atoms with Crippen LogP contribution in [0, 0.1) is 5.92 Å². The van der Waals surface area contributed by atoms with Crippen LogP contribution in [0.4, 0.5) is 0 Å². The third kappa shape index (κ3) is 4.01. The molecule has 126 valence electrons. The van der Waals surface area contributed by atoms with Crippen molar-refractivity contribution in [1.82, 2.24) is 20.2 Å². The lowest BCUT2D eigenvalue weighted by atomic mass is 10.1. The van der Waals surface area contributed by atoms with E-state index in [1.54, 1.807) is 18.5 Å². The number of carbonyl (C=O) groups excluding carboxylic acids is 1. The van der Waals surface area contributed by atoms with Crippen molar-refractivity contribution in [3.05, 3.63) is 63.3 Å². The van der Waals surface area contributed by atoms with Gasteiger partial charge in [-0.05, 0) is 42.6 Å². The molecule has 1 saturated heterocycles. The summed E-state index contributed by atoms with van der Waals surface area (Å²) in [6.45, 7) is 3.20. The number of pyridine rings is 2. The minimum atomic E-state index is -0.365. The smallest absolute Gasteiger partial charge is 0.260 e. The van der Waals surface area contributed by atoms with Crippen LogP contribution in [-0.2, 0) is 6.54 Å². The number of nitrogens with zero attached hydrogens (tertiary/aromatic N) is 2. The Hall–Kier alpha value is -2.18. The van der Waals surface area contributed by atoms with Crippen LogP contribution in [0.5, 0.6) is 0 Å². The van der Waals surface area contributed by atoms with Crippen molar-refractivity contribution in [2.24, 2.45) is 5.92 Å². The minimum Gasteiger partial charge on any atom is -0.352 e. The van der Waals surface area contributed by atoms with Crippen LogP contribution in [0.1, 0.15) is 22.3 Å². The summed E-state index contributed by atoms with van der Waals surface area (Å²) in [6, 6.07) is 5.10. The van der Waals surface area contributed by atoms with Gasteiger partial charge in [0, 0.05) is 38.2 Å². The van der Waals surface area contributed by atoms with Gasteiger partial charge >= 0.3 is 0 Å². The fraction of sp³-hybridized carbons (Fsp3) is 0.353. The second-order valence-corrected chi connectivity index (χ2v) is 6.39. The number of hydrogen-bond donors (Lipinski definition) is 2.